The Hall–Kier alpha value is -0.880. The molecule has 1 N–H and O–H groups in total. The summed E-state index contributed by atoms with van der Waals surface area (Å²) < 4.78 is 0.858. The van der Waals surface area contributed by atoms with Gasteiger partial charge in [0.2, 0.25) is 5.91 Å². The van der Waals surface area contributed by atoms with E-state index in [2.05, 4.69) is 72.4 Å². The predicted octanol–water partition coefficient (Wildman–Crippen LogP) is 2.96. The minimum Gasteiger partial charge on any atom is -1.00 e. The lowest BCUT2D eigenvalue weighted by atomic mass is 10.0. The molecular weight excluding hydrogens is 471 g/mol. The van der Waals surface area contributed by atoms with Crippen molar-refractivity contribution in [1.29, 1.82) is 0 Å². The van der Waals surface area contributed by atoms with E-state index >= 15 is 0 Å². The molecule has 0 aliphatic carbocycles. The van der Waals surface area contributed by atoms with Crippen molar-refractivity contribution in [2.24, 2.45) is 0 Å². The van der Waals surface area contributed by atoms with Crippen LogP contribution in [0.1, 0.15) is 73.1 Å². The van der Waals surface area contributed by atoms with Gasteiger partial charge in [0.15, 0.2) is 0 Å². The molecule has 0 spiro atoms. The van der Waals surface area contributed by atoms with E-state index in [-0.39, 0.29) is 29.9 Å². The fourth-order valence-corrected chi connectivity index (χ4v) is 2.75. The van der Waals surface area contributed by atoms with Crippen molar-refractivity contribution in [2.75, 3.05) is 34.2 Å². The molecule has 0 fully saturated rings. The molecule has 168 valence electrons. The SMILES string of the molecule is CC(C)=CCC/C(C)=C/CC/C(C)=C/CC/C(C)=C/C(=O)NCC[N+](C)(C)C.[I-]. The third-order valence-corrected chi connectivity index (χ3v) is 4.61. The van der Waals surface area contributed by atoms with E-state index in [4.69, 9.17) is 0 Å². The number of carbonyl (C=O) groups excluding carboxylic acids is 1. The van der Waals surface area contributed by atoms with Crippen molar-refractivity contribution in [2.45, 2.75) is 73.1 Å². The fourth-order valence-electron chi connectivity index (χ4n) is 2.75. The van der Waals surface area contributed by atoms with Crippen molar-refractivity contribution in [3.63, 3.8) is 0 Å². The monoisotopic (exact) mass is 516 g/mol. The summed E-state index contributed by atoms with van der Waals surface area (Å²) in [5.74, 6) is 0.0281. The summed E-state index contributed by atoms with van der Waals surface area (Å²) in [6.07, 6.45) is 15.2. The average molecular weight is 517 g/mol. The number of likely N-dealkylation sites (N-methyl/N-ethyl adjacent to an activating group) is 1. The molecule has 0 aromatic rings. The number of quaternary nitrogens is 1. The molecule has 0 rings (SSSR count). The van der Waals surface area contributed by atoms with Crippen LogP contribution in [0.4, 0.5) is 0 Å². The van der Waals surface area contributed by atoms with Crippen molar-refractivity contribution in [3.05, 3.63) is 46.6 Å². The molecule has 0 bridgehead atoms. The molecule has 29 heavy (non-hydrogen) atoms. The zero-order chi connectivity index (χ0) is 21.6. The maximum atomic E-state index is 11.9. The number of amides is 1. The van der Waals surface area contributed by atoms with Crippen LogP contribution in [0.3, 0.4) is 0 Å². The maximum absolute atomic E-state index is 11.9. The highest BCUT2D eigenvalue weighted by Gasteiger charge is 2.06. The Bertz CT molecular complexity index is 588. The highest BCUT2D eigenvalue weighted by Crippen LogP contribution is 2.13. The number of hydrogen-bond donors (Lipinski definition) is 1. The van der Waals surface area contributed by atoms with Crippen LogP contribution in [0.5, 0.6) is 0 Å². The van der Waals surface area contributed by atoms with Gasteiger partial charge in [-0.2, -0.15) is 0 Å². The Labute approximate surface area is 198 Å². The lowest BCUT2D eigenvalue weighted by Gasteiger charge is -2.23. The topological polar surface area (TPSA) is 29.1 Å². The molecule has 0 heterocycles. The normalized spacial score (nSPS) is 13.0. The second-order valence-electron chi connectivity index (χ2n) is 9.29. The van der Waals surface area contributed by atoms with Gasteiger partial charge in [-0.1, -0.05) is 40.5 Å². The molecule has 0 aliphatic heterocycles. The van der Waals surface area contributed by atoms with Gasteiger partial charge < -0.3 is 33.8 Å². The molecule has 0 aromatic heterocycles. The third kappa shape index (κ3) is 21.6. The second kappa shape index (κ2) is 16.9. The molecular formula is C25H45IN2O. The van der Waals surface area contributed by atoms with Crippen LogP contribution in [0.25, 0.3) is 0 Å². The first-order valence-corrected chi connectivity index (χ1v) is 10.7. The van der Waals surface area contributed by atoms with Gasteiger partial charge >= 0.3 is 0 Å². The molecule has 0 saturated heterocycles. The van der Waals surface area contributed by atoms with Crippen molar-refractivity contribution < 1.29 is 33.3 Å². The van der Waals surface area contributed by atoms with E-state index in [1.807, 2.05) is 6.92 Å². The van der Waals surface area contributed by atoms with Crippen LogP contribution in [-0.2, 0) is 4.79 Å². The Kier molecular flexibility index (Phi) is 17.6. The van der Waals surface area contributed by atoms with Gasteiger partial charge in [-0.25, -0.2) is 0 Å². The zero-order valence-electron chi connectivity index (χ0n) is 20.2. The number of allylic oxidation sites excluding steroid dienone is 7. The van der Waals surface area contributed by atoms with Crippen molar-refractivity contribution in [1.82, 2.24) is 5.32 Å². The largest absolute Gasteiger partial charge is 1.00 e. The second-order valence-corrected chi connectivity index (χ2v) is 9.29. The summed E-state index contributed by atoms with van der Waals surface area (Å²) in [5, 5.41) is 2.97. The summed E-state index contributed by atoms with van der Waals surface area (Å²) in [4.78, 5) is 11.9. The van der Waals surface area contributed by atoms with Crippen LogP contribution < -0.4 is 29.3 Å². The molecule has 0 radical (unpaired) electrons. The summed E-state index contributed by atoms with van der Waals surface area (Å²) in [6.45, 7) is 12.4. The minimum atomic E-state index is 0. The van der Waals surface area contributed by atoms with Gasteiger partial charge in [0.1, 0.15) is 0 Å². The minimum absolute atomic E-state index is 0. The fraction of sp³-hybridized carbons (Fsp3) is 0.640. The van der Waals surface area contributed by atoms with Crippen LogP contribution in [0.2, 0.25) is 0 Å². The zero-order valence-corrected chi connectivity index (χ0v) is 22.4. The van der Waals surface area contributed by atoms with E-state index in [1.165, 1.54) is 16.7 Å². The number of rotatable bonds is 13. The van der Waals surface area contributed by atoms with Gasteiger partial charge in [0.05, 0.1) is 34.2 Å². The third-order valence-electron chi connectivity index (χ3n) is 4.61. The molecule has 1 amide bonds. The summed E-state index contributed by atoms with van der Waals surface area (Å²) >= 11 is 0. The predicted molar refractivity (Wildman–Crippen MR) is 124 cm³/mol. The number of nitrogens with one attached hydrogen (secondary N) is 1. The first-order chi connectivity index (χ1) is 13.0. The van der Waals surface area contributed by atoms with E-state index in [1.54, 1.807) is 6.08 Å². The number of hydrogen-bond acceptors (Lipinski definition) is 1. The molecule has 0 saturated carbocycles. The highest BCUT2D eigenvalue weighted by molar-refractivity contribution is 5.88. The maximum Gasteiger partial charge on any atom is 0.244 e. The molecule has 0 aliphatic rings. The molecule has 0 atom stereocenters. The highest BCUT2D eigenvalue weighted by atomic mass is 127. The van der Waals surface area contributed by atoms with Gasteiger partial charge in [0, 0.05) is 6.08 Å². The molecule has 0 unspecified atom stereocenters. The first kappa shape index (κ1) is 30.3. The number of carbonyl (C=O) groups is 1. The molecule has 3 nitrogen and oxygen atoms in total. The van der Waals surface area contributed by atoms with Gasteiger partial charge in [-0.05, 0) is 73.1 Å². The summed E-state index contributed by atoms with van der Waals surface area (Å²) in [7, 11) is 6.39. The lowest BCUT2D eigenvalue weighted by Crippen LogP contribution is -3.00. The van der Waals surface area contributed by atoms with E-state index < -0.39 is 0 Å². The average Bonchev–Trinajstić information content (AvgIpc) is 2.53. The molecule has 0 aromatic carbocycles. The Morgan fingerprint density at radius 3 is 1.66 bits per heavy atom. The van der Waals surface area contributed by atoms with E-state index in [9.17, 15) is 4.79 Å². The Morgan fingerprint density at radius 2 is 1.21 bits per heavy atom. The standard InChI is InChI=1S/C25H44N2O.HI/c1-21(2)12-9-13-22(3)14-10-15-23(4)16-11-17-24(5)20-25(28)26-18-19-27(6,7)8;/h12,14,16,20H,9-11,13,15,17-19H2,1-8H3;1H/b22-14+,23-16+,24-20+;. The van der Waals surface area contributed by atoms with Crippen molar-refractivity contribution in [3.8, 4) is 0 Å². The van der Waals surface area contributed by atoms with Gasteiger partial charge in [0.25, 0.3) is 0 Å². The Balaban J connectivity index is 0. The first-order valence-electron chi connectivity index (χ1n) is 10.7. The van der Waals surface area contributed by atoms with Crippen LogP contribution in [0.15, 0.2) is 46.6 Å². The van der Waals surface area contributed by atoms with Gasteiger partial charge in [-0.15, -0.1) is 0 Å². The molecule has 4 heteroatoms. The number of nitrogens with zero attached hydrogens (tertiary/aromatic N) is 1. The van der Waals surface area contributed by atoms with Crippen LogP contribution in [0, 0.1) is 0 Å². The van der Waals surface area contributed by atoms with Crippen molar-refractivity contribution >= 4 is 5.91 Å². The quantitative estimate of drug-likeness (QED) is 0.174. The number of halogens is 1. The summed E-state index contributed by atoms with van der Waals surface area (Å²) in [6, 6.07) is 0. The van der Waals surface area contributed by atoms with E-state index in [0.29, 0.717) is 6.54 Å². The van der Waals surface area contributed by atoms with E-state index in [0.717, 1.165) is 55.1 Å². The summed E-state index contributed by atoms with van der Waals surface area (Å²) in [5.41, 5.74) is 5.47. The van der Waals surface area contributed by atoms with Crippen LogP contribution >= 0.6 is 0 Å². The lowest BCUT2D eigenvalue weighted by molar-refractivity contribution is -0.869. The van der Waals surface area contributed by atoms with Crippen LogP contribution in [-0.4, -0.2) is 44.6 Å². The smallest absolute Gasteiger partial charge is 0.244 e. The Morgan fingerprint density at radius 1 is 0.759 bits per heavy atom. The van der Waals surface area contributed by atoms with Gasteiger partial charge in [-0.3, -0.25) is 4.79 Å².